The molecule has 0 spiro atoms. The topological polar surface area (TPSA) is 44.4 Å². The van der Waals surface area contributed by atoms with Crippen molar-refractivity contribution >= 4 is 11.7 Å². The lowest BCUT2D eigenvalue weighted by atomic mass is 9.96. The van der Waals surface area contributed by atoms with Crippen LogP contribution in [0.2, 0.25) is 0 Å². The van der Waals surface area contributed by atoms with Crippen LogP contribution in [0.4, 0.5) is 19.3 Å². The first-order chi connectivity index (χ1) is 12.6. The summed E-state index contributed by atoms with van der Waals surface area (Å²) >= 11 is 0. The van der Waals surface area contributed by atoms with Gasteiger partial charge in [-0.3, -0.25) is 4.90 Å². The number of hydrogen-bond acceptors (Lipinski definition) is 2. The second-order valence-electron chi connectivity index (χ2n) is 6.69. The number of hydrogen-bond donors (Lipinski definition) is 2. The van der Waals surface area contributed by atoms with Crippen LogP contribution in [0.5, 0.6) is 0 Å². The number of likely N-dealkylation sites (tertiary alicyclic amines) is 1. The van der Waals surface area contributed by atoms with E-state index >= 15 is 0 Å². The van der Waals surface area contributed by atoms with E-state index in [2.05, 4.69) is 15.5 Å². The van der Waals surface area contributed by atoms with Crippen LogP contribution >= 0.6 is 0 Å². The maximum Gasteiger partial charge on any atom is 0.319 e. The molecule has 26 heavy (non-hydrogen) atoms. The summed E-state index contributed by atoms with van der Waals surface area (Å²) in [6.07, 6.45) is 2.02. The van der Waals surface area contributed by atoms with Crippen LogP contribution in [-0.4, -0.2) is 30.6 Å². The predicted octanol–water partition coefficient (Wildman–Crippen LogP) is 4.00. The molecule has 2 N–H and O–H groups in total. The van der Waals surface area contributed by atoms with Gasteiger partial charge in [0.25, 0.3) is 0 Å². The highest BCUT2D eigenvalue weighted by Gasteiger charge is 2.19. The van der Waals surface area contributed by atoms with Gasteiger partial charge in [0, 0.05) is 18.8 Å². The van der Waals surface area contributed by atoms with Crippen LogP contribution in [0.25, 0.3) is 0 Å². The van der Waals surface area contributed by atoms with Crippen LogP contribution in [0.15, 0.2) is 48.5 Å². The highest BCUT2D eigenvalue weighted by atomic mass is 19.1. The number of urea groups is 1. The van der Waals surface area contributed by atoms with Crippen LogP contribution in [-0.2, 0) is 6.54 Å². The first-order valence-corrected chi connectivity index (χ1v) is 8.86. The van der Waals surface area contributed by atoms with Crippen molar-refractivity contribution in [3.63, 3.8) is 0 Å². The Morgan fingerprint density at radius 1 is 0.962 bits per heavy atom. The molecule has 0 unspecified atom stereocenters. The van der Waals surface area contributed by atoms with Crippen LogP contribution in [0.1, 0.15) is 18.4 Å². The number of anilines is 1. The lowest BCUT2D eigenvalue weighted by Gasteiger charge is -2.32. The average Bonchev–Trinajstić information content (AvgIpc) is 2.65. The summed E-state index contributed by atoms with van der Waals surface area (Å²) in [6.45, 7) is 3.37. The normalized spacial score (nSPS) is 15.6. The maximum absolute atomic E-state index is 13.0. The van der Waals surface area contributed by atoms with Gasteiger partial charge in [0.2, 0.25) is 0 Å². The zero-order chi connectivity index (χ0) is 18.4. The minimum atomic E-state index is -0.330. The number of piperidine rings is 1. The molecule has 3 rings (SSSR count). The third-order valence-corrected chi connectivity index (χ3v) is 4.68. The van der Waals surface area contributed by atoms with E-state index in [9.17, 15) is 13.6 Å². The molecule has 6 heteroatoms. The Bertz CT molecular complexity index is 711. The van der Waals surface area contributed by atoms with Crippen molar-refractivity contribution in [3.8, 4) is 0 Å². The van der Waals surface area contributed by atoms with Gasteiger partial charge in [0.05, 0.1) is 0 Å². The summed E-state index contributed by atoms with van der Waals surface area (Å²) in [5.74, 6) is -0.0979. The second-order valence-corrected chi connectivity index (χ2v) is 6.69. The molecular formula is C20H23F2N3O. The number of rotatable bonds is 5. The summed E-state index contributed by atoms with van der Waals surface area (Å²) in [7, 11) is 0. The Morgan fingerprint density at radius 3 is 2.15 bits per heavy atom. The predicted molar refractivity (Wildman–Crippen MR) is 97.8 cm³/mol. The molecule has 0 aromatic heterocycles. The van der Waals surface area contributed by atoms with Gasteiger partial charge in [-0.2, -0.15) is 0 Å². The number of nitrogens with one attached hydrogen (secondary N) is 2. The smallest absolute Gasteiger partial charge is 0.319 e. The second kappa shape index (κ2) is 8.76. The zero-order valence-electron chi connectivity index (χ0n) is 14.6. The van der Waals surface area contributed by atoms with Crippen molar-refractivity contribution in [2.24, 2.45) is 5.92 Å². The Morgan fingerprint density at radius 2 is 1.54 bits per heavy atom. The molecule has 1 aliphatic rings. The monoisotopic (exact) mass is 359 g/mol. The molecule has 1 fully saturated rings. The number of carbonyl (C=O) groups is 1. The maximum atomic E-state index is 13.0. The van der Waals surface area contributed by atoms with E-state index in [1.54, 1.807) is 0 Å². The molecule has 1 heterocycles. The van der Waals surface area contributed by atoms with Gasteiger partial charge >= 0.3 is 6.03 Å². The van der Waals surface area contributed by atoms with E-state index in [0.29, 0.717) is 18.2 Å². The summed E-state index contributed by atoms with van der Waals surface area (Å²) in [4.78, 5) is 14.3. The van der Waals surface area contributed by atoms with E-state index in [0.717, 1.165) is 38.0 Å². The number of halogens is 2. The van der Waals surface area contributed by atoms with Gasteiger partial charge in [-0.05, 0) is 73.8 Å². The van der Waals surface area contributed by atoms with Gasteiger partial charge in [-0.1, -0.05) is 12.1 Å². The molecule has 138 valence electrons. The fraction of sp³-hybridized carbons (Fsp3) is 0.350. The van der Waals surface area contributed by atoms with Crippen LogP contribution in [0.3, 0.4) is 0 Å². The van der Waals surface area contributed by atoms with Crippen molar-refractivity contribution in [3.05, 3.63) is 65.7 Å². The summed E-state index contributed by atoms with van der Waals surface area (Å²) in [5, 5.41) is 5.58. The largest absolute Gasteiger partial charge is 0.338 e. The van der Waals surface area contributed by atoms with Gasteiger partial charge in [0.1, 0.15) is 11.6 Å². The van der Waals surface area contributed by atoms with Crippen LogP contribution in [0, 0.1) is 17.6 Å². The van der Waals surface area contributed by atoms with Crippen molar-refractivity contribution in [2.75, 3.05) is 25.0 Å². The fourth-order valence-electron chi connectivity index (χ4n) is 3.14. The number of carbonyl (C=O) groups excluding carboxylic acids is 1. The molecule has 0 radical (unpaired) electrons. The van der Waals surface area contributed by atoms with Crippen molar-refractivity contribution < 1.29 is 13.6 Å². The lowest BCUT2D eigenvalue weighted by molar-refractivity contribution is 0.175. The SMILES string of the molecule is O=C(NCC1CCN(Cc2ccc(F)cc2)CC1)Nc1ccc(F)cc1. The lowest BCUT2D eigenvalue weighted by Crippen LogP contribution is -2.39. The molecule has 2 amide bonds. The minimum Gasteiger partial charge on any atom is -0.338 e. The van der Waals surface area contributed by atoms with Crippen molar-refractivity contribution in [1.82, 2.24) is 10.2 Å². The van der Waals surface area contributed by atoms with E-state index in [-0.39, 0.29) is 17.7 Å². The Hall–Kier alpha value is -2.47. The van der Waals surface area contributed by atoms with Gasteiger partial charge in [-0.25, -0.2) is 13.6 Å². The molecule has 1 saturated heterocycles. The average molecular weight is 359 g/mol. The van der Waals surface area contributed by atoms with E-state index in [4.69, 9.17) is 0 Å². The van der Waals surface area contributed by atoms with E-state index in [1.165, 1.54) is 36.4 Å². The number of benzene rings is 2. The third-order valence-electron chi connectivity index (χ3n) is 4.68. The van der Waals surface area contributed by atoms with E-state index in [1.807, 2.05) is 12.1 Å². The number of nitrogens with zero attached hydrogens (tertiary/aromatic N) is 1. The van der Waals surface area contributed by atoms with Crippen molar-refractivity contribution in [1.29, 1.82) is 0 Å². The summed E-state index contributed by atoms with van der Waals surface area (Å²) < 4.78 is 25.8. The molecule has 1 aliphatic heterocycles. The summed E-state index contributed by atoms with van der Waals surface area (Å²) in [5.41, 5.74) is 1.68. The molecule has 2 aromatic rings. The zero-order valence-corrected chi connectivity index (χ0v) is 14.6. The Labute approximate surface area is 152 Å². The molecule has 0 atom stereocenters. The molecule has 4 nitrogen and oxygen atoms in total. The third kappa shape index (κ3) is 5.52. The summed E-state index contributed by atoms with van der Waals surface area (Å²) in [6, 6.07) is 12.0. The fourth-order valence-corrected chi connectivity index (χ4v) is 3.14. The van der Waals surface area contributed by atoms with E-state index < -0.39 is 0 Å². The minimum absolute atomic E-state index is 0.211. The highest BCUT2D eigenvalue weighted by molar-refractivity contribution is 5.89. The first-order valence-electron chi connectivity index (χ1n) is 8.86. The Balaban J connectivity index is 1.36. The first kappa shape index (κ1) is 18.3. The highest BCUT2D eigenvalue weighted by Crippen LogP contribution is 2.18. The van der Waals surface area contributed by atoms with Crippen molar-refractivity contribution in [2.45, 2.75) is 19.4 Å². The Kier molecular flexibility index (Phi) is 6.17. The van der Waals surface area contributed by atoms with Crippen LogP contribution < -0.4 is 10.6 Å². The molecular weight excluding hydrogens is 336 g/mol. The van der Waals surface area contributed by atoms with Gasteiger partial charge in [0.15, 0.2) is 0 Å². The molecule has 0 aliphatic carbocycles. The van der Waals surface area contributed by atoms with Gasteiger partial charge in [-0.15, -0.1) is 0 Å². The molecule has 0 saturated carbocycles. The molecule has 0 bridgehead atoms. The molecule has 2 aromatic carbocycles. The number of amides is 2. The quantitative estimate of drug-likeness (QED) is 0.848. The standard InChI is InChI=1S/C20H23F2N3O/c21-17-3-1-16(2-4-17)14-25-11-9-15(10-12-25)13-23-20(26)24-19-7-5-18(22)6-8-19/h1-8,15H,9-14H2,(H2,23,24,26). The van der Waals surface area contributed by atoms with Gasteiger partial charge < -0.3 is 10.6 Å².